The summed E-state index contributed by atoms with van der Waals surface area (Å²) in [7, 11) is 0. The van der Waals surface area contributed by atoms with Gasteiger partial charge in [0.05, 0.1) is 0 Å². The minimum absolute atomic E-state index is 0.0394. The summed E-state index contributed by atoms with van der Waals surface area (Å²) in [5.41, 5.74) is 2.13. The van der Waals surface area contributed by atoms with Crippen LogP contribution in [0.3, 0.4) is 0 Å². The van der Waals surface area contributed by atoms with Crippen molar-refractivity contribution in [3.8, 4) is 11.8 Å². The van der Waals surface area contributed by atoms with Gasteiger partial charge in [0.25, 0.3) is 5.91 Å². The second kappa shape index (κ2) is 8.31. The quantitative estimate of drug-likeness (QED) is 0.624. The first-order chi connectivity index (χ1) is 12.0. The first kappa shape index (κ1) is 17.8. The van der Waals surface area contributed by atoms with Gasteiger partial charge < -0.3 is 15.2 Å². The minimum atomic E-state index is -1.07. The van der Waals surface area contributed by atoms with Gasteiger partial charge in [0, 0.05) is 5.69 Å². The number of hydrogen-bond donors (Lipinski definition) is 2. The number of aliphatic carboxylic acids is 1. The number of anilines is 1. The predicted octanol–water partition coefficient (Wildman–Crippen LogP) is 3.00. The van der Waals surface area contributed by atoms with E-state index >= 15 is 0 Å². The number of amides is 1. The van der Waals surface area contributed by atoms with Crippen LogP contribution in [-0.2, 0) is 9.59 Å². The fourth-order valence-corrected chi connectivity index (χ4v) is 2.02. The molecule has 0 saturated carbocycles. The highest BCUT2D eigenvalue weighted by molar-refractivity contribution is 6.09. The average Bonchev–Trinajstić information content (AvgIpc) is 2.60. The van der Waals surface area contributed by atoms with E-state index in [1.807, 2.05) is 25.1 Å². The monoisotopic (exact) mass is 336 g/mol. The summed E-state index contributed by atoms with van der Waals surface area (Å²) in [6.45, 7) is 1.43. The topological polar surface area (TPSA) is 99.4 Å². The van der Waals surface area contributed by atoms with Gasteiger partial charge in [-0.05, 0) is 42.3 Å². The maximum Gasteiger partial charge on any atom is 0.341 e. The summed E-state index contributed by atoms with van der Waals surface area (Å²) >= 11 is 0. The summed E-state index contributed by atoms with van der Waals surface area (Å²) < 4.78 is 5.03. The third-order valence-corrected chi connectivity index (χ3v) is 3.31. The Bertz CT molecular complexity index is 848. The number of carbonyl (C=O) groups excluding carboxylic acids is 1. The standard InChI is InChI=1S/C19H16N2O4/c1-13-4-2-3-5-17(13)21-19(24)15(11-20)10-14-6-8-16(9-7-14)25-12-18(22)23/h2-10H,12H2,1H3,(H,21,24)(H,22,23)/b15-10-. The lowest BCUT2D eigenvalue weighted by Gasteiger charge is -2.07. The van der Waals surface area contributed by atoms with Gasteiger partial charge in [-0.15, -0.1) is 0 Å². The number of para-hydroxylation sites is 1. The predicted molar refractivity (Wildman–Crippen MR) is 93.0 cm³/mol. The lowest BCUT2D eigenvalue weighted by atomic mass is 10.1. The van der Waals surface area contributed by atoms with Crippen molar-refractivity contribution < 1.29 is 19.4 Å². The van der Waals surface area contributed by atoms with E-state index in [2.05, 4.69) is 5.32 Å². The van der Waals surface area contributed by atoms with Crippen molar-refractivity contribution in [2.75, 3.05) is 11.9 Å². The normalized spacial score (nSPS) is 10.6. The van der Waals surface area contributed by atoms with Crippen LogP contribution < -0.4 is 10.1 Å². The highest BCUT2D eigenvalue weighted by Gasteiger charge is 2.10. The number of carboxylic acid groups (broad SMARTS) is 1. The fraction of sp³-hybridized carbons (Fsp3) is 0.105. The number of nitrogens with one attached hydrogen (secondary N) is 1. The summed E-state index contributed by atoms with van der Waals surface area (Å²) in [5.74, 6) is -1.17. The Balaban J connectivity index is 2.11. The maximum absolute atomic E-state index is 12.3. The van der Waals surface area contributed by atoms with Crippen molar-refractivity contribution in [1.29, 1.82) is 5.26 Å². The number of hydrogen-bond acceptors (Lipinski definition) is 4. The summed E-state index contributed by atoms with van der Waals surface area (Å²) in [6.07, 6.45) is 1.45. The largest absolute Gasteiger partial charge is 0.482 e. The molecule has 1 amide bonds. The number of nitriles is 1. The molecule has 6 nitrogen and oxygen atoms in total. The Kier molecular flexibility index (Phi) is 5.91. The van der Waals surface area contributed by atoms with Gasteiger partial charge in [0.2, 0.25) is 0 Å². The second-order valence-electron chi connectivity index (χ2n) is 5.19. The lowest BCUT2D eigenvalue weighted by Crippen LogP contribution is -2.14. The number of benzene rings is 2. The third-order valence-electron chi connectivity index (χ3n) is 3.31. The summed E-state index contributed by atoms with van der Waals surface area (Å²) in [6, 6.07) is 15.6. The highest BCUT2D eigenvalue weighted by atomic mass is 16.5. The number of ether oxygens (including phenoxy) is 1. The molecular formula is C19H16N2O4. The van der Waals surface area contributed by atoms with Crippen molar-refractivity contribution in [3.63, 3.8) is 0 Å². The molecule has 2 aromatic rings. The van der Waals surface area contributed by atoms with Crippen LogP contribution in [0.4, 0.5) is 5.69 Å². The van der Waals surface area contributed by atoms with Crippen molar-refractivity contribution in [2.45, 2.75) is 6.92 Å². The number of carboxylic acids is 1. The molecule has 0 bridgehead atoms. The lowest BCUT2D eigenvalue weighted by molar-refractivity contribution is -0.139. The number of rotatable bonds is 6. The highest BCUT2D eigenvalue weighted by Crippen LogP contribution is 2.17. The van der Waals surface area contributed by atoms with Crippen LogP contribution in [0, 0.1) is 18.3 Å². The SMILES string of the molecule is Cc1ccccc1NC(=O)/C(C#N)=C\c1ccc(OCC(=O)O)cc1. The first-order valence-electron chi connectivity index (χ1n) is 7.43. The molecule has 0 heterocycles. The minimum Gasteiger partial charge on any atom is -0.482 e. The van der Waals surface area contributed by atoms with E-state index in [9.17, 15) is 14.9 Å². The molecule has 2 aromatic carbocycles. The molecule has 0 radical (unpaired) electrons. The summed E-state index contributed by atoms with van der Waals surface area (Å²) in [4.78, 5) is 22.7. The molecule has 0 atom stereocenters. The van der Waals surface area contributed by atoms with Crippen LogP contribution in [0.15, 0.2) is 54.1 Å². The number of aryl methyl sites for hydroxylation is 1. The van der Waals surface area contributed by atoms with E-state index in [-0.39, 0.29) is 5.57 Å². The van der Waals surface area contributed by atoms with E-state index < -0.39 is 18.5 Å². The number of nitrogens with zero attached hydrogens (tertiary/aromatic N) is 1. The Morgan fingerprint density at radius 1 is 1.20 bits per heavy atom. The van der Waals surface area contributed by atoms with Gasteiger partial charge in [-0.2, -0.15) is 5.26 Å². The molecule has 0 spiro atoms. The van der Waals surface area contributed by atoms with Gasteiger partial charge in [-0.1, -0.05) is 30.3 Å². The molecule has 2 N–H and O–H groups in total. The fourth-order valence-electron chi connectivity index (χ4n) is 2.02. The Hall–Kier alpha value is -3.59. The van der Waals surface area contributed by atoms with Gasteiger partial charge in [0.15, 0.2) is 6.61 Å². The zero-order valence-corrected chi connectivity index (χ0v) is 13.5. The van der Waals surface area contributed by atoms with Crippen LogP contribution in [0.25, 0.3) is 6.08 Å². The summed E-state index contributed by atoms with van der Waals surface area (Å²) in [5, 5.41) is 20.5. The van der Waals surface area contributed by atoms with Crippen LogP contribution in [0.5, 0.6) is 5.75 Å². The van der Waals surface area contributed by atoms with E-state index in [0.29, 0.717) is 17.0 Å². The first-order valence-corrected chi connectivity index (χ1v) is 7.43. The zero-order chi connectivity index (χ0) is 18.2. The molecule has 2 rings (SSSR count). The molecule has 0 unspecified atom stereocenters. The van der Waals surface area contributed by atoms with Crippen LogP contribution in [0.2, 0.25) is 0 Å². The van der Waals surface area contributed by atoms with Crippen molar-refractivity contribution in [3.05, 3.63) is 65.2 Å². The smallest absolute Gasteiger partial charge is 0.341 e. The molecular weight excluding hydrogens is 320 g/mol. The Morgan fingerprint density at radius 2 is 1.88 bits per heavy atom. The van der Waals surface area contributed by atoms with Gasteiger partial charge >= 0.3 is 5.97 Å². The molecule has 0 saturated heterocycles. The molecule has 0 aliphatic rings. The van der Waals surface area contributed by atoms with E-state index in [4.69, 9.17) is 9.84 Å². The van der Waals surface area contributed by atoms with E-state index in [0.717, 1.165) is 5.56 Å². The Labute approximate surface area is 145 Å². The third kappa shape index (κ3) is 5.22. The van der Waals surface area contributed by atoms with E-state index in [1.54, 1.807) is 36.4 Å². The molecule has 0 fully saturated rings. The molecule has 126 valence electrons. The second-order valence-corrected chi connectivity index (χ2v) is 5.19. The van der Waals surface area contributed by atoms with Crippen LogP contribution in [-0.4, -0.2) is 23.6 Å². The molecule has 0 aromatic heterocycles. The maximum atomic E-state index is 12.3. The molecule has 6 heteroatoms. The molecule has 0 aliphatic heterocycles. The zero-order valence-electron chi connectivity index (χ0n) is 13.5. The Morgan fingerprint density at radius 3 is 2.48 bits per heavy atom. The van der Waals surface area contributed by atoms with Crippen LogP contribution >= 0.6 is 0 Å². The van der Waals surface area contributed by atoms with Gasteiger partial charge in [-0.3, -0.25) is 4.79 Å². The van der Waals surface area contributed by atoms with Crippen molar-refractivity contribution in [1.82, 2.24) is 0 Å². The number of carbonyl (C=O) groups is 2. The van der Waals surface area contributed by atoms with E-state index in [1.165, 1.54) is 6.08 Å². The van der Waals surface area contributed by atoms with Gasteiger partial charge in [0.1, 0.15) is 17.4 Å². The average molecular weight is 336 g/mol. The molecule has 25 heavy (non-hydrogen) atoms. The van der Waals surface area contributed by atoms with Crippen molar-refractivity contribution in [2.24, 2.45) is 0 Å². The van der Waals surface area contributed by atoms with Gasteiger partial charge in [-0.25, -0.2) is 4.79 Å². The van der Waals surface area contributed by atoms with Crippen LogP contribution in [0.1, 0.15) is 11.1 Å². The van der Waals surface area contributed by atoms with Crippen molar-refractivity contribution >= 4 is 23.6 Å². The molecule has 0 aliphatic carbocycles.